The fourth-order valence-corrected chi connectivity index (χ4v) is 7.26. The van der Waals surface area contributed by atoms with Crippen LogP contribution in [0.3, 0.4) is 0 Å². The standard InChI is InChI=1S/C45H27N3O/c1-3-14-28(15-4-1)31-23-13-24-35-37(31)27-39(41-36-22-11-12-25-40(36)49-42(35)41)45-47-43(29-16-5-2-6-17-29)46-44(48-45)38-26-30-18-7-8-19-32(30)33-20-9-10-21-34(33)38/h1-27H. The highest BCUT2D eigenvalue weighted by atomic mass is 16.3. The smallest absolute Gasteiger partial charge is 0.164 e. The molecule has 0 atom stereocenters. The molecule has 0 aliphatic rings. The summed E-state index contributed by atoms with van der Waals surface area (Å²) in [5.41, 5.74) is 6.71. The van der Waals surface area contributed by atoms with Gasteiger partial charge in [-0.05, 0) is 56.3 Å². The van der Waals surface area contributed by atoms with Gasteiger partial charge in [0.05, 0.1) is 0 Å². The van der Waals surface area contributed by atoms with Crippen molar-refractivity contribution in [3.05, 3.63) is 164 Å². The molecule has 0 bridgehead atoms. The molecular weight excluding hydrogens is 599 g/mol. The summed E-state index contributed by atoms with van der Waals surface area (Å²) < 4.78 is 6.68. The van der Waals surface area contributed by atoms with Crippen LogP contribution < -0.4 is 0 Å². The van der Waals surface area contributed by atoms with Crippen LogP contribution in [-0.4, -0.2) is 15.0 Å². The number of benzene rings is 8. The molecule has 8 aromatic carbocycles. The lowest BCUT2D eigenvalue weighted by molar-refractivity contribution is 0.672. The highest BCUT2D eigenvalue weighted by Crippen LogP contribution is 2.44. The average molecular weight is 626 g/mol. The second kappa shape index (κ2) is 11.0. The highest BCUT2D eigenvalue weighted by molar-refractivity contribution is 6.22. The van der Waals surface area contributed by atoms with E-state index >= 15 is 0 Å². The molecule has 0 unspecified atom stereocenters. The van der Waals surface area contributed by atoms with Crippen LogP contribution in [0.1, 0.15) is 0 Å². The molecule has 0 radical (unpaired) electrons. The largest absolute Gasteiger partial charge is 0.455 e. The van der Waals surface area contributed by atoms with E-state index in [9.17, 15) is 0 Å². The number of para-hydroxylation sites is 1. The summed E-state index contributed by atoms with van der Waals surface area (Å²) in [6.07, 6.45) is 0. The molecule has 2 aromatic heterocycles. The van der Waals surface area contributed by atoms with Crippen molar-refractivity contribution in [2.75, 3.05) is 0 Å². The Balaban J connectivity index is 1.34. The molecule has 0 aliphatic heterocycles. The van der Waals surface area contributed by atoms with Crippen molar-refractivity contribution >= 4 is 54.3 Å². The monoisotopic (exact) mass is 625 g/mol. The second-order valence-corrected chi connectivity index (χ2v) is 12.4. The number of hydrogen-bond acceptors (Lipinski definition) is 4. The molecule has 0 aliphatic carbocycles. The molecule has 10 aromatic rings. The van der Waals surface area contributed by atoms with Crippen molar-refractivity contribution in [1.29, 1.82) is 0 Å². The van der Waals surface area contributed by atoms with Gasteiger partial charge in [-0.15, -0.1) is 0 Å². The van der Waals surface area contributed by atoms with Crippen molar-refractivity contribution < 1.29 is 4.42 Å². The number of aromatic nitrogens is 3. The zero-order valence-corrected chi connectivity index (χ0v) is 26.3. The predicted octanol–water partition coefficient (Wildman–Crippen LogP) is 11.9. The summed E-state index contributed by atoms with van der Waals surface area (Å²) in [6, 6.07) is 56.8. The molecule has 0 N–H and O–H groups in total. The Morgan fingerprint density at radius 1 is 0.347 bits per heavy atom. The molecule has 49 heavy (non-hydrogen) atoms. The van der Waals surface area contributed by atoms with Gasteiger partial charge in [-0.25, -0.2) is 15.0 Å². The van der Waals surface area contributed by atoms with Crippen LogP contribution in [0.2, 0.25) is 0 Å². The second-order valence-electron chi connectivity index (χ2n) is 12.4. The Kier molecular flexibility index (Phi) is 6.15. The quantitative estimate of drug-likeness (QED) is 0.183. The van der Waals surface area contributed by atoms with Gasteiger partial charge in [-0.1, -0.05) is 146 Å². The lowest BCUT2D eigenvalue weighted by Gasteiger charge is -2.14. The van der Waals surface area contributed by atoms with E-state index in [1.807, 2.05) is 36.4 Å². The van der Waals surface area contributed by atoms with Crippen molar-refractivity contribution in [3.63, 3.8) is 0 Å². The number of fused-ring (bicyclic) bond motifs is 8. The zero-order chi connectivity index (χ0) is 32.3. The number of rotatable bonds is 4. The fraction of sp³-hybridized carbons (Fsp3) is 0. The van der Waals surface area contributed by atoms with Gasteiger partial charge in [0.25, 0.3) is 0 Å². The number of furan rings is 1. The van der Waals surface area contributed by atoms with E-state index in [1.54, 1.807) is 0 Å². The minimum Gasteiger partial charge on any atom is -0.455 e. The molecule has 0 saturated carbocycles. The minimum absolute atomic E-state index is 0.599. The molecule has 4 heteroatoms. The molecule has 0 spiro atoms. The van der Waals surface area contributed by atoms with Gasteiger partial charge in [0.15, 0.2) is 17.5 Å². The maximum absolute atomic E-state index is 6.68. The highest BCUT2D eigenvalue weighted by Gasteiger charge is 2.22. The van der Waals surface area contributed by atoms with Gasteiger partial charge < -0.3 is 4.42 Å². The lowest BCUT2D eigenvalue weighted by atomic mass is 9.93. The Bertz CT molecular complexity index is 2880. The van der Waals surface area contributed by atoms with Gasteiger partial charge >= 0.3 is 0 Å². The van der Waals surface area contributed by atoms with Crippen LogP contribution in [0.5, 0.6) is 0 Å². The Morgan fingerprint density at radius 2 is 0.939 bits per heavy atom. The van der Waals surface area contributed by atoms with Gasteiger partial charge in [-0.3, -0.25) is 0 Å². The van der Waals surface area contributed by atoms with Crippen LogP contribution in [0.15, 0.2) is 168 Å². The molecule has 10 rings (SSSR count). The Morgan fingerprint density at radius 3 is 1.73 bits per heavy atom. The van der Waals surface area contributed by atoms with E-state index in [1.165, 1.54) is 10.8 Å². The third-order valence-electron chi connectivity index (χ3n) is 9.51. The van der Waals surface area contributed by atoms with E-state index < -0.39 is 0 Å². The summed E-state index contributed by atoms with van der Waals surface area (Å²) in [5.74, 6) is 1.85. The number of hydrogen-bond donors (Lipinski definition) is 0. The van der Waals surface area contributed by atoms with Gasteiger partial charge in [0.1, 0.15) is 11.2 Å². The van der Waals surface area contributed by atoms with Crippen LogP contribution in [0, 0.1) is 0 Å². The van der Waals surface area contributed by atoms with E-state index in [0.717, 1.165) is 71.3 Å². The normalized spacial score (nSPS) is 11.7. The summed E-state index contributed by atoms with van der Waals surface area (Å²) in [5, 5.41) is 8.76. The first-order chi connectivity index (χ1) is 24.3. The number of nitrogens with zero attached hydrogens (tertiary/aromatic N) is 3. The lowest BCUT2D eigenvalue weighted by Crippen LogP contribution is -2.01. The molecule has 0 saturated heterocycles. The van der Waals surface area contributed by atoms with Crippen LogP contribution in [0.25, 0.3) is 99.5 Å². The van der Waals surface area contributed by atoms with Gasteiger partial charge in [0, 0.05) is 32.8 Å². The van der Waals surface area contributed by atoms with E-state index in [0.29, 0.717) is 17.5 Å². The third kappa shape index (κ3) is 4.42. The third-order valence-corrected chi connectivity index (χ3v) is 9.51. The zero-order valence-electron chi connectivity index (χ0n) is 26.3. The van der Waals surface area contributed by atoms with E-state index in [2.05, 4.69) is 127 Å². The van der Waals surface area contributed by atoms with Gasteiger partial charge in [-0.2, -0.15) is 0 Å². The summed E-state index contributed by atoms with van der Waals surface area (Å²) >= 11 is 0. The van der Waals surface area contributed by atoms with E-state index in [-0.39, 0.29) is 0 Å². The first-order valence-electron chi connectivity index (χ1n) is 16.5. The average Bonchev–Trinajstić information content (AvgIpc) is 3.58. The summed E-state index contributed by atoms with van der Waals surface area (Å²) in [7, 11) is 0. The van der Waals surface area contributed by atoms with Crippen molar-refractivity contribution in [1.82, 2.24) is 15.0 Å². The predicted molar refractivity (Wildman–Crippen MR) is 201 cm³/mol. The first-order valence-corrected chi connectivity index (χ1v) is 16.5. The molecule has 0 amide bonds. The molecule has 2 heterocycles. The molecule has 0 fully saturated rings. The summed E-state index contributed by atoms with van der Waals surface area (Å²) in [4.78, 5) is 15.7. The van der Waals surface area contributed by atoms with Crippen LogP contribution in [0.4, 0.5) is 0 Å². The Hall–Kier alpha value is -6.65. The van der Waals surface area contributed by atoms with Crippen molar-refractivity contribution in [2.24, 2.45) is 0 Å². The van der Waals surface area contributed by atoms with E-state index in [4.69, 9.17) is 19.4 Å². The minimum atomic E-state index is 0.599. The fourth-order valence-electron chi connectivity index (χ4n) is 7.26. The Labute approximate surface area is 282 Å². The molecule has 228 valence electrons. The first kappa shape index (κ1) is 27.5. The van der Waals surface area contributed by atoms with Gasteiger partial charge in [0.2, 0.25) is 0 Å². The topological polar surface area (TPSA) is 51.8 Å². The molecular formula is C45H27N3O. The maximum atomic E-state index is 6.68. The maximum Gasteiger partial charge on any atom is 0.164 e. The molecule has 4 nitrogen and oxygen atoms in total. The van der Waals surface area contributed by atoms with Crippen LogP contribution in [-0.2, 0) is 0 Å². The van der Waals surface area contributed by atoms with Crippen LogP contribution >= 0.6 is 0 Å². The van der Waals surface area contributed by atoms with Crippen molar-refractivity contribution in [2.45, 2.75) is 0 Å². The summed E-state index contributed by atoms with van der Waals surface area (Å²) in [6.45, 7) is 0. The SMILES string of the molecule is c1ccc(-c2nc(-c3cc4ccccc4c4ccccc34)nc(-c3cc4c(-c5ccccc5)cccc4c4oc5ccccc5c34)n2)cc1. The van der Waals surface area contributed by atoms with Crippen molar-refractivity contribution in [3.8, 4) is 45.3 Å².